The highest BCUT2D eigenvalue weighted by atomic mass is 16.3. The van der Waals surface area contributed by atoms with E-state index in [-0.39, 0.29) is 6.10 Å². The molecule has 0 unspecified atom stereocenters. The molecule has 0 aliphatic heterocycles. The second kappa shape index (κ2) is 6.80. The third-order valence-electron chi connectivity index (χ3n) is 3.75. The van der Waals surface area contributed by atoms with Crippen LogP contribution in [0.15, 0.2) is 30.3 Å². The molecule has 93 valence electrons. The zero-order valence-electron chi connectivity index (χ0n) is 10.6. The standard InChI is InChI=1S/C16H23O/c17-16(13-11-15-8-4-5-9-15)12-10-14-6-2-1-3-7-14/h1-3,6-7,16-17H,4-5,8-13H2/t16-/m0/s1. The van der Waals surface area contributed by atoms with Crippen molar-refractivity contribution in [1.29, 1.82) is 0 Å². The van der Waals surface area contributed by atoms with Crippen LogP contribution in [0.1, 0.15) is 50.5 Å². The maximum atomic E-state index is 9.96. The molecule has 17 heavy (non-hydrogen) atoms. The molecule has 1 nitrogen and oxygen atoms in total. The number of hydrogen-bond donors (Lipinski definition) is 1. The lowest BCUT2D eigenvalue weighted by atomic mass is 9.97. The van der Waals surface area contributed by atoms with Gasteiger partial charge in [0.05, 0.1) is 6.10 Å². The molecule has 1 aliphatic carbocycles. The summed E-state index contributed by atoms with van der Waals surface area (Å²) in [5, 5.41) is 9.96. The van der Waals surface area contributed by atoms with E-state index in [1.807, 2.05) is 6.07 Å². The van der Waals surface area contributed by atoms with Crippen molar-refractivity contribution in [2.45, 2.75) is 57.5 Å². The van der Waals surface area contributed by atoms with E-state index in [1.54, 1.807) is 5.92 Å². The van der Waals surface area contributed by atoms with Crippen molar-refractivity contribution >= 4 is 0 Å². The Bertz CT molecular complexity index is 301. The molecule has 0 saturated heterocycles. The highest BCUT2D eigenvalue weighted by molar-refractivity contribution is 5.14. The predicted octanol–water partition coefficient (Wildman–Crippen LogP) is 3.91. The monoisotopic (exact) mass is 231 g/mol. The van der Waals surface area contributed by atoms with E-state index >= 15 is 0 Å². The molecule has 1 saturated carbocycles. The topological polar surface area (TPSA) is 20.2 Å². The van der Waals surface area contributed by atoms with Crippen molar-refractivity contribution < 1.29 is 5.11 Å². The van der Waals surface area contributed by atoms with Crippen LogP contribution in [-0.2, 0) is 6.42 Å². The highest BCUT2D eigenvalue weighted by Crippen LogP contribution is 2.31. The fraction of sp³-hybridized carbons (Fsp3) is 0.562. The SMILES string of the molecule is O[C@H](CC[C]1CCCC1)CCc1ccccc1. The predicted molar refractivity (Wildman–Crippen MR) is 71.7 cm³/mol. The lowest BCUT2D eigenvalue weighted by Crippen LogP contribution is -2.09. The molecule has 1 aliphatic rings. The summed E-state index contributed by atoms with van der Waals surface area (Å²) < 4.78 is 0. The third-order valence-corrected chi connectivity index (χ3v) is 3.75. The molecular weight excluding hydrogens is 208 g/mol. The summed E-state index contributed by atoms with van der Waals surface area (Å²) in [4.78, 5) is 0. The van der Waals surface area contributed by atoms with Crippen molar-refractivity contribution in [3.63, 3.8) is 0 Å². The number of rotatable bonds is 6. The second-order valence-corrected chi connectivity index (χ2v) is 5.17. The molecule has 0 spiro atoms. The third kappa shape index (κ3) is 4.51. The fourth-order valence-corrected chi connectivity index (χ4v) is 2.62. The minimum absolute atomic E-state index is 0.122. The van der Waals surface area contributed by atoms with Crippen LogP contribution in [-0.4, -0.2) is 11.2 Å². The Labute approximate surface area is 105 Å². The molecule has 1 radical (unpaired) electrons. The Morgan fingerprint density at radius 1 is 0.941 bits per heavy atom. The van der Waals surface area contributed by atoms with Gasteiger partial charge in [-0.15, -0.1) is 0 Å². The second-order valence-electron chi connectivity index (χ2n) is 5.17. The zero-order chi connectivity index (χ0) is 11.9. The fourth-order valence-electron chi connectivity index (χ4n) is 2.62. The molecule has 0 heterocycles. The molecule has 1 atom stereocenters. The molecule has 1 aromatic carbocycles. The number of benzene rings is 1. The average molecular weight is 231 g/mol. The summed E-state index contributed by atoms with van der Waals surface area (Å²) in [6, 6.07) is 10.4. The van der Waals surface area contributed by atoms with Crippen LogP contribution < -0.4 is 0 Å². The van der Waals surface area contributed by atoms with Gasteiger partial charge in [-0.1, -0.05) is 43.2 Å². The van der Waals surface area contributed by atoms with E-state index in [0.717, 1.165) is 25.7 Å². The molecule has 1 heteroatoms. The number of aliphatic hydroxyl groups is 1. The molecular formula is C16H23O. The first kappa shape index (κ1) is 12.6. The molecule has 1 N–H and O–H groups in total. The van der Waals surface area contributed by atoms with Crippen molar-refractivity contribution in [3.8, 4) is 0 Å². The van der Waals surface area contributed by atoms with Crippen LogP contribution >= 0.6 is 0 Å². The van der Waals surface area contributed by atoms with Gasteiger partial charge in [-0.2, -0.15) is 0 Å². The Hall–Kier alpha value is -0.820. The Balaban J connectivity index is 1.62. The van der Waals surface area contributed by atoms with Crippen LogP contribution in [0.4, 0.5) is 0 Å². The minimum atomic E-state index is -0.122. The van der Waals surface area contributed by atoms with Gasteiger partial charge in [0, 0.05) is 0 Å². The van der Waals surface area contributed by atoms with Crippen LogP contribution in [0, 0.1) is 5.92 Å². The van der Waals surface area contributed by atoms with Crippen LogP contribution in [0.5, 0.6) is 0 Å². The first-order chi connectivity index (χ1) is 8.34. The van der Waals surface area contributed by atoms with Gasteiger partial charge >= 0.3 is 0 Å². The summed E-state index contributed by atoms with van der Waals surface area (Å²) in [6.45, 7) is 0. The van der Waals surface area contributed by atoms with Gasteiger partial charge in [0.15, 0.2) is 0 Å². The molecule has 0 bridgehead atoms. The Morgan fingerprint density at radius 2 is 1.59 bits per heavy atom. The van der Waals surface area contributed by atoms with Crippen molar-refractivity contribution in [2.75, 3.05) is 0 Å². The number of aliphatic hydroxyl groups excluding tert-OH is 1. The zero-order valence-corrected chi connectivity index (χ0v) is 10.6. The van der Waals surface area contributed by atoms with Crippen molar-refractivity contribution in [3.05, 3.63) is 41.8 Å². The van der Waals surface area contributed by atoms with E-state index in [9.17, 15) is 5.11 Å². The van der Waals surface area contributed by atoms with E-state index in [2.05, 4.69) is 24.3 Å². The maximum Gasteiger partial charge on any atom is 0.0543 e. The summed E-state index contributed by atoms with van der Waals surface area (Å²) >= 11 is 0. The average Bonchev–Trinajstić information content (AvgIpc) is 2.88. The maximum absolute atomic E-state index is 9.96. The molecule has 1 fully saturated rings. The lowest BCUT2D eigenvalue weighted by Gasteiger charge is -2.13. The quantitative estimate of drug-likeness (QED) is 0.787. The van der Waals surface area contributed by atoms with E-state index in [4.69, 9.17) is 0 Å². The largest absolute Gasteiger partial charge is 0.393 e. The highest BCUT2D eigenvalue weighted by Gasteiger charge is 2.16. The molecule has 0 amide bonds. The summed E-state index contributed by atoms with van der Waals surface area (Å²) in [5.74, 6) is 1.68. The first-order valence-electron chi connectivity index (χ1n) is 6.90. The van der Waals surface area contributed by atoms with Gasteiger partial charge in [-0.25, -0.2) is 0 Å². The Kier molecular flexibility index (Phi) is 5.06. The number of aryl methyl sites for hydroxylation is 1. The van der Waals surface area contributed by atoms with Gasteiger partial charge in [0.25, 0.3) is 0 Å². The first-order valence-corrected chi connectivity index (χ1v) is 6.90. The van der Waals surface area contributed by atoms with Crippen molar-refractivity contribution in [2.24, 2.45) is 0 Å². The van der Waals surface area contributed by atoms with Gasteiger partial charge in [-0.3, -0.25) is 0 Å². The molecule has 0 aromatic heterocycles. The van der Waals surface area contributed by atoms with Gasteiger partial charge in [-0.05, 0) is 50.0 Å². The summed E-state index contributed by atoms with van der Waals surface area (Å²) in [7, 11) is 0. The van der Waals surface area contributed by atoms with Crippen LogP contribution in [0.2, 0.25) is 0 Å². The summed E-state index contributed by atoms with van der Waals surface area (Å²) in [5.41, 5.74) is 1.33. The van der Waals surface area contributed by atoms with Crippen LogP contribution in [0.3, 0.4) is 0 Å². The van der Waals surface area contributed by atoms with Crippen molar-refractivity contribution in [1.82, 2.24) is 0 Å². The van der Waals surface area contributed by atoms with E-state index in [1.165, 1.54) is 31.2 Å². The normalized spacial score (nSPS) is 18.4. The van der Waals surface area contributed by atoms with Crippen LogP contribution in [0.25, 0.3) is 0 Å². The summed E-state index contributed by atoms with van der Waals surface area (Å²) in [6.07, 6.45) is 9.25. The van der Waals surface area contributed by atoms with Gasteiger partial charge in [0.1, 0.15) is 0 Å². The minimum Gasteiger partial charge on any atom is -0.393 e. The molecule has 2 rings (SSSR count). The van der Waals surface area contributed by atoms with E-state index in [0.29, 0.717) is 0 Å². The van der Waals surface area contributed by atoms with E-state index < -0.39 is 0 Å². The number of hydrogen-bond acceptors (Lipinski definition) is 1. The smallest absolute Gasteiger partial charge is 0.0543 e. The molecule has 1 aromatic rings. The Morgan fingerprint density at radius 3 is 2.29 bits per heavy atom. The van der Waals surface area contributed by atoms with Gasteiger partial charge in [0.2, 0.25) is 0 Å². The van der Waals surface area contributed by atoms with Gasteiger partial charge < -0.3 is 5.11 Å². The lowest BCUT2D eigenvalue weighted by molar-refractivity contribution is 0.153.